The first kappa shape index (κ1) is 20.0. The average Bonchev–Trinajstić information content (AvgIpc) is 3.56. The Morgan fingerprint density at radius 3 is 2.19 bits per heavy atom. The molecule has 0 saturated carbocycles. The highest BCUT2D eigenvalue weighted by Crippen LogP contribution is 2.46. The zero-order valence-electron chi connectivity index (χ0n) is 31.7. The maximum absolute atomic E-state index is 15.5. The van der Waals surface area contributed by atoms with Gasteiger partial charge in [-0.05, 0) is 92.6 Å². The number of para-hydroxylation sites is 1. The summed E-state index contributed by atoms with van der Waals surface area (Å²) in [5.74, 6) is -0.308. The second kappa shape index (κ2) is 9.90. The molecule has 0 amide bonds. The predicted molar refractivity (Wildman–Crippen MR) is 195 cm³/mol. The van der Waals surface area contributed by atoms with Crippen LogP contribution in [0.4, 0.5) is 21.5 Å². The summed E-state index contributed by atoms with van der Waals surface area (Å²) >= 11 is 0. The van der Waals surface area contributed by atoms with Crippen LogP contribution >= 0.6 is 0 Å². The summed E-state index contributed by atoms with van der Waals surface area (Å²) in [6.07, 6.45) is 0. The van der Waals surface area contributed by atoms with Gasteiger partial charge in [-0.3, -0.25) is 0 Å². The standard InChI is InChI=1S/C44H26FNO/c45-39-23-22-38-40(25-32-9-5-8-29-16-20-37(39)44(38)43(29)32)46(34-19-21-36-35-10-3-4-11-41(35)47-42(36)26-34)33-17-14-28(15-18-33)31-13-12-27-6-1-2-7-30(27)24-31/h1-26H/i1D,2D,6D,7D,12D,13D,24D. The topological polar surface area (TPSA) is 16.4 Å². The molecule has 1 heterocycles. The molecule has 0 saturated heterocycles. The van der Waals surface area contributed by atoms with Crippen LogP contribution in [0.3, 0.4) is 0 Å². The highest BCUT2D eigenvalue weighted by molar-refractivity contribution is 6.26. The van der Waals surface area contributed by atoms with Gasteiger partial charge in [0.15, 0.2) is 0 Å². The van der Waals surface area contributed by atoms with Gasteiger partial charge in [-0.15, -0.1) is 0 Å². The molecule has 10 rings (SSSR count). The molecular formula is C44H26FNO. The molecule has 47 heavy (non-hydrogen) atoms. The van der Waals surface area contributed by atoms with Gasteiger partial charge >= 0.3 is 0 Å². The Morgan fingerprint density at radius 2 is 1.28 bits per heavy atom. The zero-order valence-corrected chi connectivity index (χ0v) is 24.7. The van der Waals surface area contributed by atoms with Crippen LogP contribution in [-0.4, -0.2) is 0 Å². The molecule has 2 nitrogen and oxygen atoms in total. The third kappa shape index (κ3) is 3.96. The lowest BCUT2D eigenvalue weighted by molar-refractivity contribution is 0.640. The van der Waals surface area contributed by atoms with Crippen molar-refractivity contribution < 1.29 is 18.4 Å². The molecule has 1 aromatic heterocycles. The van der Waals surface area contributed by atoms with Crippen molar-refractivity contribution in [1.29, 1.82) is 0 Å². The SMILES string of the molecule is [2H]c1c([2H])c([2H])c2c([2H])c(-c3ccc(N(c4ccc5c(c4)oc4ccccc45)c4cc5cccc6ccc7c(F)ccc4c7c65)cc3)c([2H])c([2H])c2c1[2H]. The van der Waals surface area contributed by atoms with Gasteiger partial charge in [-0.25, -0.2) is 4.39 Å². The minimum absolute atomic E-state index is 0.0945. The number of furan rings is 1. The van der Waals surface area contributed by atoms with Gasteiger partial charge in [0.25, 0.3) is 0 Å². The van der Waals surface area contributed by atoms with E-state index < -0.39 is 24.2 Å². The third-order valence-electron chi connectivity index (χ3n) is 9.09. The summed E-state index contributed by atoms with van der Waals surface area (Å²) in [7, 11) is 0. The molecule has 0 spiro atoms. The van der Waals surface area contributed by atoms with Gasteiger partial charge in [0.05, 0.1) is 15.3 Å². The van der Waals surface area contributed by atoms with Crippen LogP contribution in [0.15, 0.2) is 162 Å². The number of anilines is 3. The molecule has 0 N–H and O–H groups in total. The summed E-state index contributed by atoms with van der Waals surface area (Å²) in [6.45, 7) is 0. The first-order valence-electron chi connectivity index (χ1n) is 18.8. The molecular weight excluding hydrogens is 577 g/mol. The Bertz CT molecular complexity index is 3210. The summed E-state index contributed by atoms with van der Waals surface area (Å²) in [5.41, 5.74) is 4.30. The highest BCUT2D eigenvalue weighted by Gasteiger charge is 2.21. The van der Waals surface area contributed by atoms with E-state index in [1.54, 1.807) is 12.1 Å². The van der Waals surface area contributed by atoms with Crippen molar-refractivity contribution in [3.8, 4) is 11.1 Å². The number of hydrogen-bond donors (Lipinski definition) is 0. The number of rotatable bonds is 4. The normalized spacial score (nSPS) is 14.0. The maximum atomic E-state index is 15.5. The largest absolute Gasteiger partial charge is 0.456 e. The van der Waals surface area contributed by atoms with Gasteiger partial charge in [0.1, 0.15) is 17.0 Å². The molecule has 0 bridgehead atoms. The molecule has 0 aliphatic rings. The van der Waals surface area contributed by atoms with E-state index in [4.69, 9.17) is 14.0 Å². The van der Waals surface area contributed by atoms with Gasteiger partial charge < -0.3 is 9.32 Å². The lowest BCUT2D eigenvalue weighted by Crippen LogP contribution is -2.11. The van der Waals surface area contributed by atoms with E-state index >= 15 is 4.39 Å². The number of nitrogens with zero attached hydrogens (tertiary/aromatic N) is 1. The zero-order chi connectivity index (χ0) is 37.2. The quantitative estimate of drug-likeness (QED) is 0.184. The Morgan fingerprint density at radius 1 is 0.511 bits per heavy atom. The summed E-state index contributed by atoms with van der Waals surface area (Å²) in [6, 6.07) is 33.6. The Hall–Kier alpha value is -6.19. The predicted octanol–water partition coefficient (Wildman–Crippen LogP) is 12.9. The summed E-state index contributed by atoms with van der Waals surface area (Å²) < 4.78 is 81.7. The van der Waals surface area contributed by atoms with Crippen LogP contribution in [0.1, 0.15) is 9.60 Å². The fourth-order valence-corrected chi connectivity index (χ4v) is 6.94. The number of benzene rings is 9. The second-order valence-electron chi connectivity index (χ2n) is 11.7. The molecule has 0 aliphatic heterocycles. The van der Waals surface area contributed by atoms with Crippen LogP contribution in [0.5, 0.6) is 0 Å². The van der Waals surface area contributed by atoms with Gasteiger partial charge in [-0.2, -0.15) is 0 Å². The first-order chi connectivity index (χ1) is 26.1. The molecule has 220 valence electrons. The Labute approximate surface area is 279 Å². The third-order valence-corrected chi connectivity index (χ3v) is 9.09. The van der Waals surface area contributed by atoms with E-state index in [0.29, 0.717) is 16.5 Å². The van der Waals surface area contributed by atoms with Crippen molar-refractivity contribution in [3.05, 3.63) is 163 Å². The average molecular weight is 611 g/mol. The molecule has 0 aliphatic carbocycles. The van der Waals surface area contributed by atoms with E-state index in [0.717, 1.165) is 60.3 Å². The van der Waals surface area contributed by atoms with Crippen LogP contribution in [0.2, 0.25) is 0 Å². The molecule has 10 aromatic rings. The fraction of sp³-hybridized carbons (Fsp3) is 0. The Balaban J connectivity index is 1.22. The molecule has 9 aromatic carbocycles. The van der Waals surface area contributed by atoms with E-state index in [1.165, 1.54) is 6.07 Å². The number of fused-ring (bicyclic) bond motifs is 4. The second-order valence-corrected chi connectivity index (χ2v) is 11.7. The van der Waals surface area contributed by atoms with E-state index in [2.05, 4.69) is 11.0 Å². The minimum Gasteiger partial charge on any atom is -0.456 e. The van der Waals surface area contributed by atoms with E-state index in [-0.39, 0.29) is 40.3 Å². The van der Waals surface area contributed by atoms with Crippen molar-refractivity contribution in [2.75, 3.05) is 4.90 Å². The van der Waals surface area contributed by atoms with Gasteiger partial charge in [0.2, 0.25) is 0 Å². The van der Waals surface area contributed by atoms with Crippen molar-refractivity contribution >= 4 is 82.1 Å². The van der Waals surface area contributed by atoms with Crippen LogP contribution in [-0.2, 0) is 0 Å². The van der Waals surface area contributed by atoms with E-state index in [1.807, 2.05) is 91.0 Å². The van der Waals surface area contributed by atoms with Crippen LogP contribution in [0, 0.1) is 5.82 Å². The summed E-state index contributed by atoms with van der Waals surface area (Å²) in [5, 5.41) is 6.83. The number of hydrogen-bond acceptors (Lipinski definition) is 2. The summed E-state index contributed by atoms with van der Waals surface area (Å²) in [4.78, 5) is 2.08. The van der Waals surface area contributed by atoms with Crippen molar-refractivity contribution in [2.45, 2.75) is 0 Å². The first-order valence-corrected chi connectivity index (χ1v) is 15.3. The molecule has 0 fully saturated rings. The molecule has 0 radical (unpaired) electrons. The Kier molecular flexibility index (Phi) is 4.22. The smallest absolute Gasteiger partial charge is 0.137 e. The maximum Gasteiger partial charge on any atom is 0.137 e. The van der Waals surface area contributed by atoms with Crippen molar-refractivity contribution in [3.63, 3.8) is 0 Å². The van der Waals surface area contributed by atoms with Crippen molar-refractivity contribution in [1.82, 2.24) is 0 Å². The monoisotopic (exact) mass is 610 g/mol. The fourth-order valence-electron chi connectivity index (χ4n) is 6.94. The minimum atomic E-state index is -0.507. The highest BCUT2D eigenvalue weighted by atomic mass is 19.1. The lowest BCUT2D eigenvalue weighted by Gasteiger charge is -2.28. The van der Waals surface area contributed by atoms with Crippen LogP contribution in [0.25, 0.3) is 76.2 Å². The van der Waals surface area contributed by atoms with Crippen LogP contribution < -0.4 is 4.90 Å². The van der Waals surface area contributed by atoms with E-state index in [9.17, 15) is 0 Å². The number of halogens is 1. The molecule has 3 heteroatoms. The van der Waals surface area contributed by atoms with Crippen molar-refractivity contribution in [2.24, 2.45) is 0 Å². The van der Waals surface area contributed by atoms with Gasteiger partial charge in [-0.1, -0.05) is 96.9 Å². The molecule has 0 unspecified atom stereocenters. The lowest BCUT2D eigenvalue weighted by atomic mass is 9.92. The van der Waals surface area contributed by atoms with Gasteiger partial charge in [0, 0.05) is 44.4 Å². The molecule has 0 atom stereocenters.